The summed E-state index contributed by atoms with van der Waals surface area (Å²) in [5, 5.41) is 0. The van der Waals surface area contributed by atoms with Crippen LogP contribution in [0.3, 0.4) is 0 Å². The SMILES string of the molecule is CCCCCCCCCC(C)C(C)OS(=O)(=O)O. The number of unbranched alkanes of at least 4 members (excludes halogenated alkanes) is 6. The number of rotatable bonds is 11. The minimum absolute atomic E-state index is 0.141. The summed E-state index contributed by atoms with van der Waals surface area (Å²) in [6.45, 7) is 5.84. The zero-order valence-corrected chi connectivity index (χ0v) is 12.7. The van der Waals surface area contributed by atoms with E-state index >= 15 is 0 Å². The maximum atomic E-state index is 10.6. The molecule has 0 spiro atoms. The first-order valence-electron chi connectivity index (χ1n) is 7.02. The Kier molecular flexibility index (Phi) is 9.68. The highest BCUT2D eigenvalue weighted by Gasteiger charge is 2.18. The summed E-state index contributed by atoms with van der Waals surface area (Å²) < 4.78 is 34.2. The van der Waals surface area contributed by atoms with Crippen molar-refractivity contribution < 1.29 is 17.2 Å². The predicted octanol–water partition coefficient (Wildman–Crippen LogP) is 3.97. The van der Waals surface area contributed by atoms with Crippen LogP contribution >= 0.6 is 0 Å². The largest absolute Gasteiger partial charge is 0.397 e. The molecule has 0 aromatic carbocycles. The van der Waals surface area contributed by atoms with E-state index in [1.807, 2.05) is 6.92 Å². The molecule has 0 aromatic rings. The van der Waals surface area contributed by atoms with Gasteiger partial charge in [-0.15, -0.1) is 0 Å². The number of hydrogen-bond acceptors (Lipinski definition) is 3. The lowest BCUT2D eigenvalue weighted by molar-refractivity contribution is 0.140. The van der Waals surface area contributed by atoms with E-state index in [1.165, 1.54) is 38.5 Å². The molecule has 1 N–H and O–H groups in total. The summed E-state index contributed by atoms with van der Waals surface area (Å²) >= 11 is 0. The highest BCUT2D eigenvalue weighted by atomic mass is 32.3. The molecule has 0 aromatic heterocycles. The molecule has 0 aliphatic carbocycles. The molecule has 0 fully saturated rings. The zero-order chi connectivity index (χ0) is 14.0. The summed E-state index contributed by atoms with van der Waals surface area (Å²) in [6.07, 6.45) is 9.19. The Morgan fingerprint density at radius 2 is 1.50 bits per heavy atom. The summed E-state index contributed by atoms with van der Waals surface area (Å²) in [6, 6.07) is 0. The molecule has 0 bridgehead atoms. The summed E-state index contributed by atoms with van der Waals surface area (Å²) in [5.41, 5.74) is 0. The van der Waals surface area contributed by atoms with Gasteiger partial charge in [-0.05, 0) is 19.3 Å². The first kappa shape index (κ1) is 17.9. The highest BCUT2D eigenvalue weighted by molar-refractivity contribution is 7.80. The maximum Gasteiger partial charge on any atom is 0.397 e. The van der Waals surface area contributed by atoms with Crippen LogP contribution < -0.4 is 0 Å². The Hall–Kier alpha value is -0.130. The van der Waals surface area contributed by atoms with Gasteiger partial charge in [-0.2, -0.15) is 8.42 Å². The molecule has 0 rings (SSSR count). The lowest BCUT2D eigenvalue weighted by atomic mass is 9.98. The lowest BCUT2D eigenvalue weighted by Gasteiger charge is -2.18. The van der Waals surface area contributed by atoms with Gasteiger partial charge in [-0.25, -0.2) is 4.18 Å². The van der Waals surface area contributed by atoms with Crippen LogP contribution in [0.25, 0.3) is 0 Å². The second-order valence-corrected chi connectivity index (χ2v) is 6.16. The van der Waals surface area contributed by atoms with Crippen molar-refractivity contribution in [3.8, 4) is 0 Å². The van der Waals surface area contributed by atoms with E-state index < -0.39 is 16.5 Å². The van der Waals surface area contributed by atoms with Crippen molar-refractivity contribution in [2.24, 2.45) is 5.92 Å². The van der Waals surface area contributed by atoms with Crippen molar-refractivity contribution in [1.82, 2.24) is 0 Å². The Labute approximate surface area is 112 Å². The summed E-state index contributed by atoms with van der Waals surface area (Å²) in [4.78, 5) is 0. The summed E-state index contributed by atoms with van der Waals surface area (Å²) in [7, 11) is -4.31. The van der Waals surface area contributed by atoms with Gasteiger partial charge in [0.1, 0.15) is 0 Å². The molecule has 4 nitrogen and oxygen atoms in total. The lowest BCUT2D eigenvalue weighted by Crippen LogP contribution is -2.21. The van der Waals surface area contributed by atoms with Gasteiger partial charge in [0, 0.05) is 0 Å². The van der Waals surface area contributed by atoms with Gasteiger partial charge in [0.15, 0.2) is 0 Å². The van der Waals surface area contributed by atoms with Crippen molar-refractivity contribution in [1.29, 1.82) is 0 Å². The molecule has 0 heterocycles. The molecule has 0 saturated heterocycles. The van der Waals surface area contributed by atoms with Crippen LogP contribution in [-0.4, -0.2) is 19.1 Å². The van der Waals surface area contributed by atoms with Gasteiger partial charge in [0.25, 0.3) is 0 Å². The monoisotopic (exact) mass is 280 g/mol. The average molecular weight is 280 g/mol. The normalized spacial score (nSPS) is 15.6. The van der Waals surface area contributed by atoms with Crippen LogP contribution in [0.4, 0.5) is 0 Å². The maximum absolute atomic E-state index is 10.6. The van der Waals surface area contributed by atoms with E-state index in [0.29, 0.717) is 0 Å². The average Bonchev–Trinajstić information content (AvgIpc) is 2.25. The highest BCUT2D eigenvalue weighted by Crippen LogP contribution is 2.18. The van der Waals surface area contributed by atoms with Gasteiger partial charge >= 0.3 is 10.4 Å². The molecule has 0 aliphatic heterocycles. The minimum Gasteiger partial charge on any atom is -0.264 e. The van der Waals surface area contributed by atoms with Crippen LogP contribution in [-0.2, 0) is 14.6 Å². The Morgan fingerprint density at radius 3 is 2.00 bits per heavy atom. The molecule has 18 heavy (non-hydrogen) atoms. The summed E-state index contributed by atoms with van der Waals surface area (Å²) in [5.74, 6) is 0.141. The molecule has 2 unspecified atom stereocenters. The third-order valence-electron chi connectivity index (χ3n) is 3.34. The fourth-order valence-corrected chi connectivity index (χ4v) is 2.52. The fourth-order valence-electron chi connectivity index (χ4n) is 1.94. The van der Waals surface area contributed by atoms with Crippen molar-refractivity contribution in [3.63, 3.8) is 0 Å². The molecule has 110 valence electrons. The van der Waals surface area contributed by atoms with Crippen LogP contribution in [0.2, 0.25) is 0 Å². The van der Waals surface area contributed by atoms with Crippen molar-refractivity contribution in [2.75, 3.05) is 0 Å². The fraction of sp³-hybridized carbons (Fsp3) is 1.00. The zero-order valence-electron chi connectivity index (χ0n) is 11.9. The molecular formula is C13H28O4S. The predicted molar refractivity (Wildman–Crippen MR) is 73.9 cm³/mol. The van der Waals surface area contributed by atoms with Gasteiger partial charge in [-0.1, -0.05) is 58.8 Å². The van der Waals surface area contributed by atoms with E-state index in [9.17, 15) is 8.42 Å². The Balaban J connectivity index is 3.55. The van der Waals surface area contributed by atoms with E-state index in [1.54, 1.807) is 6.92 Å². The Morgan fingerprint density at radius 1 is 1.00 bits per heavy atom. The molecule has 0 amide bonds. The van der Waals surface area contributed by atoms with Crippen molar-refractivity contribution >= 4 is 10.4 Å². The van der Waals surface area contributed by atoms with Crippen LogP contribution in [0, 0.1) is 5.92 Å². The van der Waals surface area contributed by atoms with Crippen molar-refractivity contribution in [3.05, 3.63) is 0 Å². The molecule has 0 radical (unpaired) electrons. The van der Waals surface area contributed by atoms with Crippen molar-refractivity contribution in [2.45, 2.75) is 78.2 Å². The van der Waals surface area contributed by atoms with Gasteiger partial charge in [0.05, 0.1) is 6.10 Å². The van der Waals surface area contributed by atoms with Gasteiger partial charge < -0.3 is 0 Å². The number of hydrogen-bond donors (Lipinski definition) is 1. The molecular weight excluding hydrogens is 252 g/mol. The second-order valence-electron chi connectivity index (χ2n) is 5.12. The Bertz CT molecular complexity index is 287. The van der Waals surface area contributed by atoms with Gasteiger partial charge in [0.2, 0.25) is 0 Å². The third-order valence-corrected chi connectivity index (χ3v) is 3.88. The molecule has 5 heteroatoms. The van der Waals surface area contributed by atoms with Crippen LogP contribution in [0.1, 0.15) is 72.1 Å². The van der Waals surface area contributed by atoms with Gasteiger partial charge in [-0.3, -0.25) is 4.55 Å². The van der Waals surface area contributed by atoms with E-state index in [0.717, 1.165) is 12.8 Å². The quantitative estimate of drug-likeness (QED) is 0.459. The first-order chi connectivity index (χ1) is 8.37. The molecule has 0 aliphatic rings. The topological polar surface area (TPSA) is 63.6 Å². The molecule has 0 saturated carbocycles. The second kappa shape index (κ2) is 9.75. The smallest absolute Gasteiger partial charge is 0.264 e. The minimum atomic E-state index is -4.31. The van der Waals surface area contributed by atoms with E-state index in [-0.39, 0.29) is 5.92 Å². The van der Waals surface area contributed by atoms with E-state index in [4.69, 9.17) is 4.55 Å². The van der Waals surface area contributed by atoms with E-state index in [2.05, 4.69) is 11.1 Å². The standard InChI is InChI=1S/C13H28O4S/c1-4-5-6-7-8-9-10-11-12(2)13(3)17-18(14,15)16/h12-13H,4-11H2,1-3H3,(H,14,15,16). The van der Waals surface area contributed by atoms with Crippen LogP contribution in [0.15, 0.2) is 0 Å². The first-order valence-corrected chi connectivity index (χ1v) is 8.39. The third kappa shape index (κ3) is 11.0. The molecule has 2 atom stereocenters. The van der Waals surface area contributed by atoms with Crippen LogP contribution in [0.5, 0.6) is 0 Å².